The van der Waals surface area contributed by atoms with E-state index in [9.17, 15) is 0 Å². The van der Waals surface area contributed by atoms with Crippen molar-refractivity contribution < 1.29 is 8.83 Å². The Morgan fingerprint density at radius 2 is 0.942 bits per heavy atom. The Bertz CT molecular complexity index is 3090. The maximum Gasteiger partial charge on any atom is 0.160 e. The molecule has 4 heteroatoms. The molecule has 8 aromatic carbocycles. The van der Waals surface area contributed by atoms with Gasteiger partial charge in [-0.15, -0.1) is 0 Å². The van der Waals surface area contributed by atoms with Gasteiger partial charge in [0.2, 0.25) is 0 Å². The summed E-state index contributed by atoms with van der Waals surface area (Å²) in [5, 5.41) is 6.75. The van der Waals surface area contributed by atoms with E-state index in [1.807, 2.05) is 18.2 Å². The molecule has 3 heterocycles. The monoisotopic (exact) mass is 666 g/mol. The quantitative estimate of drug-likeness (QED) is 0.183. The molecule has 0 saturated carbocycles. The third-order valence-electron chi connectivity index (χ3n) is 10.3. The highest BCUT2D eigenvalue weighted by Gasteiger charge is 2.22. The Morgan fingerprint density at radius 1 is 0.385 bits per heavy atom. The predicted molar refractivity (Wildman–Crippen MR) is 215 cm³/mol. The lowest BCUT2D eigenvalue weighted by Gasteiger charge is -2.27. The van der Waals surface area contributed by atoms with Crippen LogP contribution >= 0.6 is 0 Å². The minimum atomic E-state index is 0.875. The lowest BCUT2D eigenvalue weighted by atomic mass is 10.00. The molecule has 0 radical (unpaired) electrons. The van der Waals surface area contributed by atoms with Gasteiger partial charge < -0.3 is 18.3 Å². The molecule has 0 atom stereocenters. The van der Waals surface area contributed by atoms with E-state index in [-0.39, 0.29) is 0 Å². The zero-order valence-electron chi connectivity index (χ0n) is 28.0. The third-order valence-corrected chi connectivity index (χ3v) is 10.3. The van der Waals surface area contributed by atoms with E-state index in [1.165, 1.54) is 5.39 Å². The molecule has 11 rings (SSSR count). The average Bonchev–Trinajstić information content (AvgIpc) is 3.88. The summed E-state index contributed by atoms with van der Waals surface area (Å²) >= 11 is 0. The third kappa shape index (κ3) is 4.28. The van der Waals surface area contributed by atoms with Crippen LogP contribution in [0.1, 0.15) is 0 Å². The van der Waals surface area contributed by atoms with E-state index in [0.29, 0.717) is 0 Å². The lowest BCUT2D eigenvalue weighted by Crippen LogP contribution is -2.10. The molecule has 0 N–H and O–H groups in total. The van der Waals surface area contributed by atoms with E-state index in [4.69, 9.17) is 8.83 Å². The lowest BCUT2D eigenvalue weighted by molar-refractivity contribution is 0.670. The van der Waals surface area contributed by atoms with Gasteiger partial charge in [0.15, 0.2) is 5.58 Å². The second kappa shape index (κ2) is 11.2. The number of fused-ring (bicyclic) bond motifs is 10. The van der Waals surface area contributed by atoms with Crippen LogP contribution in [0.15, 0.2) is 191 Å². The van der Waals surface area contributed by atoms with Crippen molar-refractivity contribution in [1.29, 1.82) is 0 Å². The molecule has 0 aliphatic heterocycles. The summed E-state index contributed by atoms with van der Waals surface area (Å²) in [4.78, 5) is 2.33. The molecule has 52 heavy (non-hydrogen) atoms. The van der Waals surface area contributed by atoms with Gasteiger partial charge in [0.25, 0.3) is 0 Å². The van der Waals surface area contributed by atoms with Crippen LogP contribution in [0.2, 0.25) is 0 Å². The van der Waals surface area contributed by atoms with Crippen LogP contribution in [0, 0.1) is 0 Å². The molecule has 11 aromatic rings. The van der Waals surface area contributed by atoms with Crippen LogP contribution in [0.5, 0.6) is 0 Å². The van der Waals surface area contributed by atoms with Gasteiger partial charge in [-0.1, -0.05) is 115 Å². The van der Waals surface area contributed by atoms with Gasteiger partial charge in [-0.25, -0.2) is 0 Å². The van der Waals surface area contributed by atoms with Gasteiger partial charge in [0.1, 0.15) is 16.7 Å². The van der Waals surface area contributed by atoms with Crippen molar-refractivity contribution in [1.82, 2.24) is 4.57 Å². The smallest absolute Gasteiger partial charge is 0.160 e. The fraction of sp³-hybridized carbons (Fsp3) is 0. The molecule has 0 spiro atoms. The molecule has 4 nitrogen and oxygen atoms in total. The first kappa shape index (κ1) is 28.8. The zero-order valence-corrected chi connectivity index (χ0v) is 28.0. The van der Waals surface area contributed by atoms with Crippen molar-refractivity contribution in [3.8, 4) is 16.8 Å². The van der Waals surface area contributed by atoms with Crippen molar-refractivity contribution in [2.75, 3.05) is 4.90 Å². The van der Waals surface area contributed by atoms with Crippen molar-refractivity contribution in [3.05, 3.63) is 182 Å². The number of aromatic nitrogens is 1. The van der Waals surface area contributed by atoms with Crippen LogP contribution in [0.25, 0.3) is 82.5 Å². The Morgan fingerprint density at radius 3 is 1.65 bits per heavy atom. The molecule has 0 fully saturated rings. The Balaban J connectivity index is 1.28. The minimum Gasteiger partial charge on any atom is -0.455 e. The van der Waals surface area contributed by atoms with Crippen molar-refractivity contribution in [2.24, 2.45) is 0 Å². The fourth-order valence-electron chi connectivity index (χ4n) is 8.08. The largest absolute Gasteiger partial charge is 0.455 e. The van der Waals surface area contributed by atoms with E-state index in [1.54, 1.807) is 0 Å². The summed E-state index contributed by atoms with van der Waals surface area (Å²) in [5.74, 6) is 0. The maximum absolute atomic E-state index is 6.73. The fourth-order valence-corrected chi connectivity index (χ4v) is 8.08. The number of benzene rings is 8. The molecular formula is C48H30N2O2. The normalized spacial score (nSPS) is 11.8. The van der Waals surface area contributed by atoms with Crippen LogP contribution in [0.3, 0.4) is 0 Å². The van der Waals surface area contributed by atoms with E-state index in [0.717, 1.165) is 94.2 Å². The number of para-hydroxylation sites is 6. The SMILES string of the molecule is c1ccc(N(c2ccccc2)c2cc(-c3cccc4c3oc3ccccc34)cc(-n3c4ccccc4c4ccc5c6ccccc6oc5c43)c2)cc1. The zero-order chi connectivity index (χ0) is 34.2. The second-order valence-electron chi connectivity index (χ2n) is 13.3. The summed E-state index contributed by atoms with van der Waals surface area (Å²) < 4.78 is 15.8. The molecular weight excluding hydrogens is 637 g/mol. The molecule has 0 aliphatic carbocycles. The highest BCUT2D eigenvalue weighted by Crippen LogP contribution is 2.44. The van der Waals surface area contributed by atoms with Gasteiger partial charge in [-0.05, 0) is 72.3 Å². The Labute approximate surface area is 299 Å². The number of anilines is 3. The van der Waals surface area contributed by atoms with Gasteiger partial charge >= 0.3 is 0 Å². The first-order valence-corrected chi connectivity index (χ1v) is 17.6. The first-order chi connectivity index (χ1) is 25.8. The molecule has 0 saturated heterocycles. The van der Waals surface area contributed by atoms with Crippen LogP contribution in [0.4, 0.5) is 17.1 Å². The number of hydrogen-bond acceptors (Lipinski definition) is 3. The van der Waals surface area contributed by atoms with Gasteiger partial charge in [0, 0.05) is 60.6 Å². The highest BCUT2D eigenvalue weighted by atomic mass is 16.3. The van der Waals surface area contributed by atoms with Crippen molar-refractivity contribution in [2.45, 2.75) is 0 Å². The summed E-state index contributed by atoms with van der Waals surface area (Å²) in [7, 11) is 0. The highest BCUT2D eigenvalue weighted by molar-refractivity contribution is 6.21. The topological polar surface area (TPSA) is 34.5 Å². The second-order valence-corrected chi connectivity index (χ2v) is 13.3. The Hall–Kier alpha value is -7.04. The van der Waals surface area contributed by atoms with Gasteiger partial charge in [-0.2, -0.15) is 0 Å². The number of rotatable bonds is 5. The molecule has 3 aromatic heterocycles. The molecule has 244 valence electrons. The summed E-state index contributed by atoms with van der Waals surface area (Å²) in [6.07, 6.45) is 0. The number of furan rings is 2. The summed E-state index contributed by atoms with van der Waals surface area (Å²) in [6.45, 7) is 0. The van der Waals surface area contributed by atoms with Crippen LogP contribution in [-0.4, -0.2) is 4.57 Å². The van der Waals surface area contributed by atoms with E-state index < -0.39 is 0 Å². The predicted octanol–water partition coefficient (Wildman–Crippen LogP) is 13.7. The van der Waals surface area contributed by atoms with Crippen LogP contribution < -0.4 is 4.90 Å². The summed E-state index contributed by atoms with van der Waals surface area (Å²) in [5.41, 5.74) is 12.0. The van der Waals surface area contributed by atoms with Crippen molar-refractivity contribution >= 4 is 82.7 Å². The molecule has 0 aliphatic rings. The van der Waals surface area contributed by atoms with Gasteiger partial charge in [-0.3, -0.25) is 0 Å². The van der Waals surface area contributed by atoms with E-state index in [2.05, 4.69) is 173 Å². The summed E-state index contributed by atoms with van der Waals surface area (Å²) in [6, 6.07) is 64.2. The maximum atomic E-state index is 6.73. The molecule has 0 bridgehead atoms. The number of nitrogens with zero attached hydrogens (tertiary/aromatic N) is 2. The van der Waals surface area contributed by atoms with Crippen molar-refractivity contribution in [3.63, 3.8) is 0 Å². The first-order valence-electron chi connectivity index (χ1n) is 17.6. The van der Waals surface area contributed by atoms with Gasteiger partial charge in [0.05, 0.1) is 11.0 Å². The van der Waals surface area contributed by atoms with Crippen LogP contribution in [-0.2, 0) is 0 Å². The van der Waals surface area contributed by atoms with E-state index >= 15 is 0 Å². The molecule has 0 unspecified atom stereocenters. The number of hydrogen-bond donors (Lipinski definition) is 0. The minimum absolute atomic E-state index is 0.875. The average molecular weight is 667 g/mol. The standard InChI is InChI=1S/C48H30N2O2/c1-3-14-32(15-4-1)49(33-16-5-2-6-17-33)34-28-31(36-21-13-22-41-38-19-8-11-24-44(38)51-47(36)41)29-35(30-34)50-43-23-10-7-18-37(43)40-26-27-42-39-20-9-12-25-45(39)52-48(42)46(40)50/h1-30H. The Kier molecular flexibility index (Phi) is 6.22. The molecule has 0 amide bonds.